The third-order valence-corrected chi connectivity index (χ3v) is 1.82. The lowest BCUT2D eigenvalue weighted by atomic mass is 10.7. The Hall–Kier alpha value is -0.710. The number of carbonyl (C=O) groups excluding carboxylic acids is 2. The summed E-state index contributed by atoms with van der Waals surface area (Å²) in [6.07, 6.45) is -0.446. The van der Waals surface area contributed by atoms with Gasteiger partial charge in [-0.3, -0.25) is 4.79 Å². The summed E-state index contributed by atoms with van der Waals surface area (Å²) in [7, 11) is 0. The van der Waals surface area contributed by atoms with Gasteiger partial charge in [-0.25, -0.2) is 4.79 Å². The van der Waals surface area contributed by atoms with Gasteiger partial charge in [-0.1, -0.05) is 11.8 Å². The van der Waals surface area contributed by atoms with Crippen molar-refractivity contribution in [2.75, 3.05) is 6.61 Å². The summed E-state index contributed by atoms with van der Waals surface area (Å²) >= 11 is 1.07. The van der Waals surface area contributed by atoms with E-state index in [-0.39, 0.29) is 17.1 Å². The molecule has 5 heteroatoms. The van der Waals surface area contributed by atoms with E-state index in [4.69, 9.17) is 0 Å². The van der Waals surface area contributed by atoms with E-state index >= 15 is 0 Å². The van der Waals surface area contributed by atoms with Gasteiger partial charge >= 0.3 is 6.09 Å². The highest BCUT2D eigenvalue weighted by molar-refractivity contribution is 8.14. The zero-order valence-electron chi connectivity index (χ0n) is 5.42. The predicted octanol–water partition coefficient (Wildman–Crippen LogP) is 0.332. The number of carbonyl (C=O) groups is 2. The first-order chi connectivity index (χ1) is 4.68. The molecule has 1 fully saturated rings. The van der Waals surface area contributed by atoms with Gasteiger partial charge in [-0.05, 0) is 0 Å². The minimum Gasteiger partial charge on any atom is -0.446 e. The van der Waals surface area contributed by atoms with Crippen LogP contribution in [0.5, 0.6) is 0 Å². The normalized spacial score (nSPS) is 23.7. The van der Waals surface area contributed by atoms with Crippen molar-refractivity contribution in [3.05, 3.63) is 0 Å². The van der Waals surface area contributed by atoms with E-state index in [1.165, 1.54) is 6.92 Å². The van der Waals surface area contributed by atoms with E-state index in [1.807, 2.05) is 0 Å². The third kappa shape index (κ3) is 1.91. The summed E-state index contributed by atoms with van der Waals surface area (Å²) in [5.74, 6) is 0. The molecule has 1 aliphatic heterocycles. The van der Waals surface area contributed by atoms with Crippen LogP contribution in [0.1, 0.15) is 6.92 Å². The van der Waals surface area contributed by atoms with Crippen LogP contribution in [0.2, 0.25) is 0 Å². The molecule has 1 unspecified atom stereocenters. The van der Waals surface area contributed by atoms with E-state index in [0.29, 0.717) is 0 Å². The van der Waals surface area contributed by atoms with Crippen LogP contribution in [0, 0.1) is 0 Å². The molecule has 4 nitrogen and oxygen atoms in total. The number of rotatable bonds is 1. The van der Waals surface area contributed by atoms with Crippen LogP contribution in [0.15, 0.2) is 0 Å². The van der Waals surface area contributed by atoms with Gasteiger partial charge in [0.1, 0.15) is 12.0 Å². The molecule has 0 aliphatic carbocycles. The van der Waals surface area contributed by atoms with Crippen molar-refractivity contribution < 1.29 is 14.3 Å². The predicted molar refractivity (Wildman–Crippen MR) is 36.5 cm³/mol. The molecule has 1 saturated heterocycles. The quantitative estimate of drug-likeness (QED) is 0.602. The molecular formula is C5H7NO3S. The van der Waals surface area contributed by atoms with Crippen molar-refractivity contribution >= 4 is 23.0 Å². The van der Waals surface area contributed by atoms with Crippen molar-refractivity contribution in [3.63, 3.8) is 0 Å². The highest BCUT2D eigenvalue weighted by atomic mass is 32.2. The highest BCUT2D eigenvalue weighted by Gasteiger charge is 2.23. The second kappa shape index (κ2) is 2.92. The molecule has 10 heavy (non-hydrogen) atoms. The number of cyclic esters (lactones) is 1. The van der Waals surface area contributed by atoms with Crippen molar-refractivity contribution in [2.45, 2.75) is 12.3 Å². The van der Waals surface area contributed by atoms with E-state index in [1.54, 1.807) is 0 Å². The highest BCUT2D eigenvalue weighted by Crippen LogP contribution is 2.13. The molecule has 1 atom stereocenters. The summed E-state index contributed by atoms with van der Waals surface area (Å²) in [6.45, 7) is 1.73. The van der Waals surface area contributed by atoms with Crippen LogP contribution in [0.3, 0.4) is 0 Å². The van der Waals surface area contributed by atoms with Gasteiger partial charge < -0.3 is 10.1 Å². The molecule has 56 valence electrons. The van der Waals surface area contributed by atoms with Crippen LogP contribution in [0.4, 0.5) is 4.79 Å². The smallest absolute Gasteiger partial charge is 0.408 e. The average Bonchev–Trinajstić information content (AvgIpc) is 2.13. The number of hydrogen-bond acceptors (Lipinski definition) is 4. The zero-order chi connectivity index (χ0) is 7.56. The molecule has 0 bridgehead atoms. The summed E-state index contributed by atoms with van der Waals surface area (Å²) in [5.41, 5.74) is 0. The van der Waals surface area contributed by atoms with Gasteiger partial charge in [0.15, 0.2) is 5.12 Å². The Labute approximate surface area is 62.3 Å². The number of alkyl carbamates (subject to hydrolysis) is 1. The van der Waals surface area contributed by atoms with Crippen molar-refractivity contribution in [2.24, 2.45) is 0 Å². The second-order valence-electron chi connectivity index (χ2n) is 1.84. The van der Waals surface area contributed by atoms with E-state index in [2.05, 4.69) is 10.1 Å². The van der Waals surface area contributed by atoms with Gasteiger partial charge in [0.2, 0.25) is 0 Å². The standard InChI is InChI=1S/C5H7NO3S/c1-3(7)10-4-2-9-5(8)6-4/h4H,2H2,1H3,(H,6,8). The summed E-state index contributed by atoms with van der Waals surface area (Å²) in [6, 6.07) is 0. The van der Waals surface area contributed by atoms with Crippen LogP contribution < -0.4 is 5.32 Å². The lowest BCUT2D eigenvalue weighted by molar-refractivity contribution is -0.109. The zero-order valence-corrected chi connectivity index (χ0v) is 6.23. The fourth-order valence-corrected chi connectivity index (χ4v) is 1.32. The first kappa shape index (κ1) is 7.40. The third-order valence-electron chi connectivity index (χ3n) is 0.953. The average molecular weight is 161 g/mol. The largest absolute Gasteiger partial charge is 0.446 e. The van der Waals surface area contributed by atoms with Gasteiger partial charge in [0.05, 0.1) is 0 Å². The number of amides is 1. The summed E-state index contributed by atoms with van der Waals surface area (Å²) in [4.78, 5) is 20.8. The molecule has 0 saturated carbocycles. The molecule has 1 aliphatic rings. The molecule has 0 aromatic heterocycles. The fraction of sp³-hybridized carbons (Fsp3) is 0.600. The first-order valence-electron chi connectivity index (χ1n) is 2.79. The van der Waals surface area contributed by atoms with Gasteiger partial charge in [-0.2, -0.15) is 0 Å². The summed E-state index contributed by atoms with van der Waals surface area (Å²) < 4.78 is 4.54. The Balaban J connectivity index is 2.31. The molecule has 0 aromatic rings. The van der Waals surface area contributed by atoms with Crippen molar-refractivity contribution in [3.8, 4) is 0 Å². The SMILES string of the molecule is CC(=O)SC1COC(=O)N1. The van der Waals surface area contributed by atoms with Gasteiger partial charge in [-0.15, -0.1) is 0 Å². The van der Waals surface area contributed by atoms with E-state index in [9.17, 15) is 9.59 Å². The maximum absolute atomic E-state index is 10.5. The van der Waals surface area contributed by atoms with E-state index < -0.39 is 6.09 Å². The topological polar surface area (TPSA) is 55.4 Å². The van der Waals surface area contributed by atoms with E-state index in [0.717, 1.165) is 11.8 Å². The molecular weight excluding hydrogens is 154 g/mol. The second-order valence-corrected chi connectivity index (χ2v) is 3.22. The number of nitrogens with one attached hydrogen (secondary N) is 1. The molecule has 1 rings (SSSR count). The fourth-order valence-electron chi connectivity index (χ4n) is 0.630. The summed E-state index contributed by atoms with van der Waals surface area (Å²) in [5, 5.41) is 2.26. The minimum absolute atomic E-state index is 0.0178. The molecule has 1 heterocycles. The lowest BCUT2D eigenvalue weighted by Gasteiger charge is -2.00. The first-order valence-corrected chi connectivity index (χ1v) is 3.67. The van der Waals surface area contributed by atoms with Crippen LogP contribution in [-0.4, -0.2) is 23.2 Å². The minimum atomic E-state index is -0.446. The van der Waals surface area contributed by atoms with Crippen LogP contribution >= 0.6 is 11.8 Å². The maximum Gasteiger partial charge on any atom is 0.408 e. The maximum atomic E-state index is 10.5. The van der Waals surface area contributed by atoms with Crippen molar-refractivity contribution in [1.82, 2.24) is 5.32 Å². The van der Waals surface area contributed by atoms with Crippen LogP contribution in [-0.2, 0) is 9.53 Å². The lowest BCUT2D eigenvalue weighted by Crippen LogP contribution is -2.23. The Kier molecular flexibility index (Phi) is 2.16. The number of hydrogen-bond donors (Lipinski definition) is 1. The number of ether oxygens (including phenoxy) is 1. The van der Waals surface area contributed by atoms with Gasteiger partial charge in [0, 0.05) is 6.92 Å². The molecule has 1 amide bonds. The molecule has 0 radical (unpaired) electrons. The Morgan fingerprint density at radius 1 is 1.90 bits per heavy atom. The Bertz CT molecular complexity index is 170. The number of thioether (sulfide) groups is 1. The van der Waals surface area contributed by atoms with Crippen LogP contribution in [0.25, 0.3) is 0 Å². The molecule has 0 spiro atoms. The molecule has 1 N–H and O–H groups in total. The monoisotopic (exact) mass is 161 g/mol. The van der Waals surface area contributed by atoms with Crippen molar-refractivity contribution in [1.29, 1.82) is 0 Å². The van der Waals surface area contributed by atoms with Gasteiger partial charge in [0.25, 0.3) is 0 Å². The Morgan fingerprint density at radius 2 is 2.60 bits per heavy atom. The Morgan fingerprint density at radius 3 is 3.00 bits per heavy atom. The molecule has 0 aromatic carbocycles.